The van der Waals surface area contributed by atoms with Crippen LogP contribution >= 0.6 is 36.4 Å². The van der Waals surface area contributed by atoms with Crippen LogP contribution in [0.2, 0.25) is 5.02 Å². The Morgan fingerprint density at radius 1 is 1.07 bits per heavy atom. The standard InChI is InChI=1S/C21H18ClFN2.2ClH/c1-25(2)13-5-6-15-11-12-24-21(18-7-3-4-8-20(18)23)19-14-16(22)9-10-17(15)19;;/h3-4,7-11,14H,12-13H2,1-2H3;2*1H. The fraction of sp³-hybridized carbons (Fsp3) is 0.190. The van der Waals surface area contributed by atoms with Gasteiger partial charge in [0.05, 0.1) is 18.8 Å². The van der Waals surface area contributed by atoms with Crippen LogP contribution in [0.5, 0.6) is 0 Å². The van der Waals surface area contributed by atoms with Crippen LogP contribution in [0.15, 0.2) is 53.5 Å². The van der Waals surface area contributed by atoms with Crippen molar-refractivity contribution in [3.8, 4) is 11.8 Å². The molecule has 0 spiro atoms. The van der Waals surface area contributed by atoms with E-state index in [1.165, 1.54) is 6.07 Å². The molecule has 142 valence electrons. The van der Waals surface area contributed by atoms with Crippen molar-refractivity contribution in [3.05, 3.63) is 76.1 Å². The average molecular weight is 426 g/mol. The van der Waals surface area contributed by atoms with Gasteiger partial charge in [-0.05, 0) is 50.0 Å². The van der Waals surface area contributed by atoms with Crippen molar-refractivity contribution in [1.82, 2.24) is 4.90 Å². The van der Waals surface area contributed by atoms with Crippen LogP contribution < -0.4 is 0 Å². The summed E-state index contributed by atoms with van der Waals surface area (Å²) in [4.78, 5) is 6.60. The third-order valence-electron chi connectivity index (χ3n) is 3.82. The monoisotopic (exact) mass is 424 g/mol. The van der Waals surface area contributed by atoms with E-state index in [0.29, 0.717) is 29.4 Å². The summed E-state index contributed by atoms with van der Waals surface area (Å²) in [5.41, 5.74) is 3.71. The van der Waals surface area contributed by atoms with E-state index in [4.69, 9.17) is 11.6 Å². The number of hydrogen-bond acceptors (Lipinski definition) is 2. The normalized spacial score (nSPS) is 12.3. The summed E-state index contributed by atoms with van der Waals surface area (Å²) in [6.45, 7) is 1.11. The zero-order valence-electron chi connectivity index (χ0n) is 15.0. The minimum Gasteiger partial charge on any atom is -0.299 e. The molecule has 2 aromatic rings. The van der Waals surface area contributed by atoms with E-state index >= 15 is 0 Å². The Bertz CT molecular complexity index is 925. The molecule has 0 bridgehead atoms. The Morgan fingerprint density at radius 3 is 2.52 bits per heavy atom. The highest BCUT2D eigenvalue weighted by Crippen LogP contribution is 2.28. The van der Waals surface area contributed by atoms with Crippen molar-refractivity contribution in [2.24, 2.45) is 4.99 Å². The molecule has 1 heterocycles. The number of nitrogens with zero attached hydrogens (tertiary/aromatic N) is 2. The van der Waals surface area contributed by atoms with Gasteiger partial charge in [0.25, 0.3) is 0 Å². The zero-order chi connectivity index (χ0) is 17.8. The second-order valence-electron chi connectivity index (χ2n) is 6.02. The van der Waals surface area contributed by atoms with Gasteiger partial charge in [-0.1, -0.05) is 41.6 Å². The number of fused-ring (bicyclic) bond motifs is 1. The number of rotatable bonds is 2. The van der Waals surface area contributed by atoms with Crippen LogP contribution in [0.4, 0.5) is 4.39 Å². The van der Waals surface area contributed by atoms with Gasteiger partial charge in [0.1, 0.15) is 5.82 Å². The van der Waals surface area contributed by atoms with Crippen LogP contribution in [0, 0.1) is 17.7 Å². The molecule has 0 saturated heterocycles. The summed E-state index contributed by atoms with van der Waals surface area (Å²) >= 11 is 6.21. The Kier molecular flexibility index (Phi) is 9.02. The molecule has 0 amide bonds. The molecule has 3 rings (SSSR count). The van der Waals surface area contributed by atoms with Gasteiger partial charge in [-0.3, -0.25) is 9.89 Å². The lowest BCUT2D eigenvalue weighted by molar-refractivity contribution is 0.464. The first-order valence-electron chi connectivity index (χ1n) is 7.99. The molecule has 2 nitrogen and oxygen atoms in total. The van der Waals surface area contributed by atoms with Crippen LogP contribution in [0.1, 0.15) is 16.7 Å². The largest absolute Gasteiger partial charge is 0.299 e. The summed E-state index contributed by atoms with van der Waals surface area (Å²) in [6.07, 6.45) is 1.98. The quantitative estimate of drug-likeness (QED) is 0.610. The van der Waals surface area contributed by atoms with E-state index in [9.17, 15) is 4.39 Å². The van der Waals surface area contributed by atoms with Crippen molar-refractivity contribution in [2.45, 2.75) is 0 Å². The molecule has 0 aliphatic carbocycles. The van der Waals surface area contributed by atoms with Gasteiger partial charge in [0.15, 0.2) is 0 Å². The molecule has 0 N–H and O–H groups in total. The summed E-state index contributed by atoms with van der Waals surface area (Å²) < 4.78 is 14.3. The maximum Gasteiger partial charge on any atom is 0.132 e. The number of aliphatic imine (C=N–C) groups is 1. The van der Waals surface area contributed by atoms with Crippen molar-refractivity contribution < 1.29 is 4.39 Å². The maximum absolute atomic E-state index is 14.3. The lowest BCUT2D eigenvalue weighted by Crippen LogP contribution is -2.11. The third kappa shape index (κ3) is 5.57. The number of benzene rings is 2. The third-order valence-corrected chi connectivity index (χ3v) is 4.05. The van der Waals surface area contributed by atoms with E-state index in [1.54, 1.807) is 18.2 Å². The first kappa shape index (κ1) is 23.2. The van der Waals surface area contributed by atoms with Crippen molar-refractivity contribution in [1.29, 1.82) is 0 Å². The van der Waals surface area contributed by atoms with Gasteiger partial charge in [0, 0.05) is 21.7 Å². The summed E-state index contributed by atoms with van der Waals surface area (Å²) in [5, 5.41) is 0.588. The lowest BCUT2D eigenvalue weighted by atomic mass is 9.93. The van der Waals surface area contributed by atoms with Gasteiger partial charge in [0.2, 0.25) is 0 Å². The summed E-state index contributed by atoms with van der Waals surface area (Å²) in [6, 6.07) is 12.2. The van der Waals surface area contributed by atoms with Gasteiger partial charge < -0.3 is 0 Å². The van der Waals surface area contributed by atoms with Crippen LogP contribution in [0.25, 0.3) is 5.57 Å². The Hall–Kier alpha value is -1.83. The van der Waals surface area contributed by atoms with E-state index in [-0.39, 0.29) is 30.6 Å². The SMILES string of the molecule is CN(C)CC#CC1=CCN=C(c2ccccc2F)c2cc(Cl)ccc21.Cl.Cl. The van der Waals surface area contributed by atoms with Gasteiger partial charge in [-0.25, -0.2) is 4.39 Å². The Balaban J connectivity index is 0.00000182. The second kappa shape index (κ2) is 10.5. The zero-order valence-corrected chi connectivity index (χ0v) is 17.4. The van der Waals surface area contributed by atoms with E-state index in [1.807, 2.05) is 43.3 Å². The second-order valence-corrected chi connectivity index (χ2v) is 6.45. The fourth-order valence-corrected chi connectivity index (χ4v) is 2.84. The first-order valence-corrected chi connectivity index (χ1v) is 8.37. The molecule has 0 atom stereocenters. The molecule has 27 heavy (non-hydrogen) atoms. The fourth-order valence-electron chi connectivity index (χ4n) is 2.67. The molecule has 1 aliphatic heterocycles. The summed E-state index contributed by atoms with van der Waals surface area (Å²) in [7, 11) is 3.95. The lowest BCUT2D eigenvalue weighted by Gasteiger charge is -2.12. The van der Waals surface area contributed by atoms with Crippen molar-refractivity contribution in [3.63, 3.8) is 0 Å². The molecule has 6 heteroatoms. The van der Waals surface area contributed by atoms with Crippen LogP contribution in [-0.4, -0.2) is 37.8 Å². The molecular weight excluding hydrogens is 406 g/mol. The molecule has 1 aliphatic rings. The molecule has 0 aromatic heterocycles. The first-order chi connectivity index (χ1) is 12.1. The van der Waals surface area contributed by atoms with Crippen molar-refractivity contribution >= 4 is 47.7 Å². The number of halogens is 4. The Labute approximate surface area is 177 Å². The van der Waals surface area contributed by atoms with Crippen LogP contribution in [0.3, 0.4) is 0 Å². The highest BCUT2D eigenvalue weighted by Gasteiger charge is 2.19. The van der Waals surface area contributed by atoms with E-state index < -0.39 is 0 Å². The molecule has 0 unspecified atom stereocenters. The van der Waals surface area contributed by atoms with Gasteiger partial charge in [-0.2, -0.15) is 0 Å². The predicted octanol–water partition coefficient (Wildman–Crippen LogP) is 5.12. The summed E-state index contributed by atoms with van der Waals surface area (Å²) in [5.74, 6) is 6.07. The molecule has 2 aromatic carbocycles. The Morgan fingerprint density at radius 2 is 1.81 bits per heavy atom. The smallest absolute Gasteiger partial charge is 0.132 e. The minimum absolute atomic E-state index is 0. The molecular formula is C21H20Cl3FN2. The van der Waals surface area contributed by atoms with Gasteiger partial charge in [-0.15, -0.1) is 24.8 Å². The highest BCUT2D eigenvalue weighted by atomic mass is 35.5. The number of hydrogen-bond donors (Lipinski definition) is 0. The van der Waals surface area contributed by atoms with Crippen molar-refractivity contribution in [2.75, 3.05) is 27.2 Å². The maximum atomic E-state index is 14.3. The van der Waals surface area contributed by atoms with Gasteiger partial charge >= 0.3 is 0 Å². The van der Waals surface area contributed by atoms with E-state index in [2.05, 4.69) is 16.8 Å². The molecule has 0 saturated carbocycles. The van der Waals surface area contributed by atoms with E-state index in [0.717, 1.165) is 16.7 Å². The minimum atomic E-state index is -0.297. The topological polar surface area (TPSA) is 15.6 Å². The average Bonchev–Trinajstić information content (AvgIpc) is 2.74. The predicted molar refractivity (Wildman–Crippen MR) is 117 cm³/mol. The molecule has 0 radical (unpaired) electrons. The van der Waals surface area contributed by atoms with Crippen LogP contribution in [-0.2, 0) is 0 Å². The molecule has 0 fully saturated rings. The number of allylic oxidation sites excluding steroid dienone is 1. The highest BCUT2D eigenvalue weighted by molar-refractivity contribution is 6.31.